The van der Waals surface area contributed by atoms with Gasteiger partial charge in [-0.3, -0.25) is 9.59 Å². The van der Waals surface area contributed by atoms with Crippen molar-refractivity contribution in [2.24, 2.45) is 0 Å². The normalized spacial score (nSPS) is 15.3. The molecule has 6 heteroatoms. The van der Waals surface area contributed by atoms with Gasteiger partial charge in [0.2, 0.25) is 11.8 Å². The van der Waals surface area contributed by atoms with Crippen molar-refractivity contribution >= 4 is 29.1 Å². The Morgan fingerprint density at radius 2 is 1.92 bits per heavy atom. The smallest absolute Gasteiger partial charge is 0.244 e. The third-order valence-electron chi connectivity index (χ3n) is 3.90. The number of nitrogens with zero attached hydrogens (tertiary/aromatic N) is 1. The van der Waals surface area contributed by atoms with Crippen LogP contribution in [0, 0.1) is 0 Å². The molecule has 5 nitrogen and oxygen atoms in total. The summed E-state index contributed by atoms with van der Waals surface area (Å²) in [5.74, 6) is -0.0931. The average molecular weight is 345 g/mol. The summed E-state index contributed by atoms with van der Waals surface area (Å²) in [6.07, 6.45) is 0. The van der Waals surface area contributed by atoms with Gasteiger partial charge in [-0.2, -0.15) is 0 Å². The number of nitrogens with one attached hydrogen (secondary N) is 1. The number of amides is 2. The highest BCUT2D eigenvalue weighted by molar-refractivity contribution is 6.33. The number of carbonyl (C=O) groups is 2. The van der Waals surface area contributed by atoms with E-state index in [-0.39, 0.29) is 24.3 Å². The zero-order valence-corrected chi connectivity index (χ0v) is 13.9. The Balaban J connectivity index is 1.63. The van der Waals surface area contributed by atoms with Crippen LogP contribution in [0.5, 0.6) is 5.75 Å². The van der Waals surface area contributed by atoms with Crippen molar-refractivity contribution in [3.63, 3.8) is 0 Å². The number of benzene rings is 2. The van der Waals surface area contributed by atoms with Crippen molar-refractivity contribution in [3.05, 3.63) is 59.1 Å². The molecule has 2 amide bonds. The Morgan fingerprint density at radius 3 is 2.71 bits per heavy atom. The Bertz CT molecular complexity index is 778. The van der Waals surface area contributed by atoms with Gasteiger partial charge in [0.05, 0.1) is 17.3 Å². The molecule has 0 aromatic heterocycles. The summed E-state index contributed by atoms with van der Waals surface area (Å²) in [6.45, 7) is 0.247. The number of hydrogen-bond acceptors (Lipinski definition) is 3. The molecule has 1 aliphatic rings. The Hall–Kier alpha value is -2.53. The molecule has 2 aromatic carbocycles. The third-order valence-corrected chi connectivity index (χ3v) is 4.23. The zero-order valence-electron chi connectivity index (χ0n) is 13.2. The van der Waals surface area contributed by atoms with Gasteiger partial charge >= 0.3 is 0 Å². The lowest BCUT2D eigenvalue weighted by Crippen LogP contribution is -2.38. The number of halogens is 1. The summed E-state index contributed by atoms with van der Waals surface area (Å²) in [5.41, 5.74) is 1.39. The third kappa shape index (κ3) is 3.36. The highest BCUT2D eigenvalue weighted by atomic mass is 35.5. The molecule has 0 saturated carbocycles. The predicted molar refractivity (Wildman–Crippen MR) is 92.4 cm³/mol. The van der Waals surface area contributed by atoms with E-state index >= 15 is 0 Å². The van der Waals surface area contributed by atoms with Gasteiger partial charge in [0.15, 0.2) is 0 Å². The SMILES string of the molecule is CN(CC(=O)Nc1ccccc1Cl)C(=O)C1COc2ccccc21. The monoisotopic (exact) mass is 344 g/mol. The number of hydrogen-bond donors (Lipinski definition) is 1. The van der Waals surface area contributed by atoms with Gasteiger partial charge in [-0.05, 0) is 18.2 Å². The maximum Gasteiger partial charge on any atom is 0.244 e. The highest BCUT2D eigenvalue weighted by Crippen LogP contribution is 2.34. The van der Waals surface area contributed by atoms with Gasteiger partial charge in [0.1, 0.15) is 18.3 Å². The van der Waals surface area contributed by atoms with Crippen LogP contribution >= 0.6 is 11.6 Å². The fourth-order valence-electron chi connectivity index (χ4n) is 2.68. The van der Waals surface area contributed by atoms with Crippen LogP contribution in [0.3, 0.4) is 0 Å². The number of fused-ring (bicyclic) bond motifs is 1. The van der Waals surface area contributed by atoms with E-state index in [0.717, 1.165) is 11.3 Å². The number of ether oxygens (including phenoxy) is 1. The molecule has 24 heavy (non-hydrogen) atoms. The average Bonchev–Trinajstić information content (AvgIpc) is 3.00. The summed E-state index contributed by atoms with van der Waals surface area (Å²) in [5, 5.41) is 3.17. The number of carbonyl (C=O) groups excluding carboxylic acids is 2. The van der Waals surface area contributed by atoms with E-state index in [1.165, 1.54) is 4.90 Å². The molecule has 1 N–H and O–H groups in total. The molecule has 0 radical (unpaired) electrons. The van der Waals surface area contributed by atoms with Crippen LogP contribution in [0.4, 0.5) is 5.69 Å². The largest absolute Gasteiger partial charge is 0.492 e. The van der Waals surface area contributed by atoms with Crippen molar-refractivity contribution in [1.82, 2.24) is 4.90 Å². The highest BCUT2D eigenvalue weighted by Gasteiger charge is 2.32. The molecule has 1 aliphatic heterocycles. The summed E-state index contributed by atoms with van der Waals surface area (Å²) in [4.78, 5) is 26.2. The lowest BCUT2D eigenvalue weighted by atomic mass is 10.00. The van der Waals surface area contributed by atoms with Gasteiger partial charge < -0.3 is 15.0 Å². The molecule has 0 bridgehead atoms. The molecule has 3 rings (SSSR count). The van der Waals surface area contributed by atoms with Crippen LogP contribution in [0.25, 0.3) is 0 Å². The molecule has 0 saturated heterocycles. The summed E-state index contributed by atoms with van der Waals surface area (Å²) >= 11 is 6.02. The van der Waals surface area contributed by atoms with Crippen LogP contribution in [0.1, 0.15) is 11.5 Å². The maximum atomic E-state index is 12.6. The lowest BCUT2D eigenvalue weighted by molar-refractivity contribution is -0.134. The van der Waals surface area contributed by atoms with E-state index in [4.69, 9.17) is 16.3 Å². The first-order valence-corrected chi connectivity index (χ1v) is 7.95. The first kappa shape index (κ1) is 16.3. The molecule has 2 aromatic rings. The second-order valence-corrected chi connectivity index (χ2v) is 6.03. The summed E-state index contributed by atoms with van der Waals surface area (Å²) < 4.78 is 5.53. The van der Waals surface area contributed by atoms with E-state index in [9.17, 15) is 9.59 Å². The lowest BCUT2D eigenvalue weighted by Gasteiger charge is -2.20. The predicted octanol–water partition coefficient (Wildman–Crippen LogP) is 2.91. The quantitative estimate of drug-likeness (QED) is 0.927. The summed E-state index contributed by atoms with van der Waals surface area (Å²) in [7, 11) is 1.61. The van der Waals surface area contributed by atoms with Gasteiger partial charge in [-0.25, -0.2) is 0 Å². The molecule has 0 spiro atoms. The van der Waals surface area contributed by atoms with Crippen LogP contribution in [0.15, 0.2) is 48.5 Å². The number of rotatable bonds is 4. The molecule has 1 unspecified atom stereocenters. The molecule has 124 valence electrons. The van der Waals surface area contributed by atoms with E-state index in [1.54, 1.807) is 31.3 Å². The molecule has 1 heterocycles. The standard InChI is InChI=1S/C18H17ClN2O3/c1-21(10-17(22)20-15-8-4-3-7-14(15)19)18(23)13-11-24-16-9-5-2-6-12(13)16/h2-9,13H,10-11H2,1H3,(H,20,22). The second kappa shape index (κ2) is 6.93. The first-order chi connectivity index (χ1) is 11.6. The number of para-hydroxylation sites is 2. The van der Waals surface area contributed by atoms with Crippen LogP contribution in [-0.4, -0.2) is 36.9 Å². The number of likely N-dealkylation sites (N-methyl/N-ethyl adjacent to an activating group) is 1. The van der Waals surface area contributed by atoms with Gasteiger partial charge in [0, 0.05) is 12.6 Å². The Morgan fingerprint density at radius 1 is 1.21 bits per heavy atom. The van der Waals surface area contributed by atoms with Crippen LogP contribution < -0.4 is 10.1 Å². The van der Waals surface area contributed by atoms with Gasteiger partial charge in [-0.1, -0.05) is 41.9 Å². The fraction of sp³-hybridized carbons (Fsp3) is 0.222. The summed E-state index contributed by atoms with van der Waals surface area (Å²) in [6, 6.07) is 14.4. The van der Waals surface area contributed by atoms with Crippen LogP contribution in [-0.2, 0) is 9.59 Å². The molecule has 0 fully saturated rings. The molecular formula is C18H17ClN2O3. The fourth-order valence-corrected chi connectivity index (χ4v) is 2.86. The number of anilines is 1. The van der Waals surface area contributed by atoms with Gasteiger partial charge in [0.25, 0.3) is 0 Å². The minimum absolute atomic E-state index is 0.0529. The van der Waals surface area contributed by atoms with E-state index < -0.39 is 0 Å². The van der Waals surface area contributed by atoms with E-state index in [0.29, 0.717) is 17.3 Å². The minimum Gasteiger partial charge on any atom is -0.492 e. The van der Waals surface area contributed by atoms with E-state index in [2.05, 4.69) is 5.32 Å². The molecule has 1 atom stereocenters. The Kier molecular flexibility index (Phi) is 4.71. The molecular weight excluding hydrogens is 328 g/mol. The maximum absolute atomic E-state index is 12.6. The van der Waals surface area contributed by atoms with Crippen LogP contribution in [0.2, 0.25) is 5.02 Å². The topological polar surface area (TPSA) is 58.6 Å². The van der Waals surface area contributed by atoms with Crippen molar-refractivity contribution in [2.45, 2.75) is 5.92 Å². The van der Waals surface area contributed by atoms with Crippen molar-refractivity contribution in [3.8, 4) is 5.75 Å². The molecule has 0 aliphatic carbocycles. The zero-order chi connectivity index (χ0) is 17.1. The first-order valence-electron chi connectivity index (χ1n) is 7.57. The van der Waals surface area contributed by atoms with Gasteiger partial charge in [-0.15, -0.1) is 0 Å². The second-order valence-electron chi connectivity index (χ2n) is 5.62. The van der Waals surface area contributed by atoms with Crippen molar-refractivity contribution in [2.75, 3.05) is 25.5 Å². The Labute approximate surface area is 145 Å². The van der Waals surface area contributed by atoms with Crippen molar-refractivity contribution < 1.29 is 14.3 Å². The van der Waals surface area contributed by atoms with Crippen molar-refractivity contribution in [1.29, 1.82) is 0 Å². The minimum atomic E-state index is -0.376. The van der Waals surface area contributed by atoms with E-state index in [1.807, 2.05) is 24.3 Å².